The van der Waals surface area contributed by atoms with Crippen molar-refractivity contribution in [3.8, 4) is 0 Å². The number of carbonyl (C=O) groups excluding carboxylic acids is 1. The Balaban J connectivity index is 1.67. The van der Waals surface area contributed by atoms with Gasteiger partial charge in [0.2, 0.25) is 5.95 Å². The Morgan fingerprint density at radius 2 is 2.17 bits per heavy atom. The quantitative estimate of drug-likeness (QED) is 0.659. The summed E-state index contributed by atoms with van der Waals surface area (Å²) >= 11 is 0. The lowest BCUT2D eigenvalue weighted by Crippen LogP contribution is -2.42. The molecule has 0 bridgehead atoms. The van der Waals surface area contributed by atoms with E-state index in [2.05, 4.69) is 29.0 Å². The van der Waals surface area contributed by atoms with Crippen LogP contribution < -0.4 is 10.2 Å². The van der Waals surface area contributed by atoms with Crippen molar-refractivity contribution >= 4 is 17.4 Å². The van der Waals surface area contributed by atoms with Gasteiger partial charge < -0.3 is 15.3 Å². The Bertz CT molecular complexity index is 867. The predicted molar refractivity (Wildman–Crippen MR) is 117 cm³/mol. The number of carbonyl (C=O) groups is 1. The highest BCUT2D eigenvalue weighted by Gasteiger charge is 2.48. The van der Waals surface area contributed by atoms with Crippen molar-refractivity contribution in [3.63, 3.8) is 0 Å². The van der Waals surface area contributed by atoms with Gasteiger partial charge in [-0.15, -0.1) is 0 Å². The van der Waals surface area contributed by atoms with Crippen LogP contribution in [-0.4, -0.2) is 52.2 Å². The molecule has 1 aromatic heterocycles. The van der Waals surface area contributed by atoms with Gasteiger partial charge in [-0.25, -0.2) is 9.97 Å². The number of nitrogens with one attached hydrogen (secondary N) is 2. The van der Waals surface area contributed by atoms with Crippen LogP contribution in [-0.2, 0) is 4.79 Å². The number of hydrogen-bond acceptors (Lipinski definition) is 7. The number of ketones is 1. The summed E-state index contributed by atoms with van der Waals surface area (Å²) in [5.41, 5.74) is 0.525. The van der Waals surface area contributed by atoms with Gasteiger partial charge in [0.15, 0.2) is 0 Å². The number of hydrogen-bond donors (Lipinski definition) is 3. The maximum absolute atomic E-state index is 12.9. The van der Waals surface area contributed by atoms with Crippen molar-refractivity contribution in [2.24, 2.45) is 11.3 Å². The fourth-order valence-electron chi connectivity index (χ4n) is 5.37. The van der Waals surface area contributed by atoms with E-state index in [-0.39, 0.29) is 29.2 Å². The Morgan fingerprint density at radius 1 is 1.33 bits per heavy atom. The number of allylic oxidation sites excluding steroid dienone is 2. The van der Waals surface area contributed by atoms with Crippen LogP contribution in [0.1, 0.15) is 64.5 Å². The maximum atomic E-state index is 12.9. The normalized spacial score (nSPS) is 30.5. The molecule has 1 saturated heterocycles. The van der Waals surface area contributed by atoms with E-state index >= 15 is 0 Å². The second-order valence-corrected chi connectivity index (χ2v) is 9.27. The molecular weight excluding hydrogens is 378 g/mol. The number of aliphatic hydroxyl groups is 1. The molecule has 30 heavy (non-hydrogen) atoms. The summed E-state index contributed by atoms with van der Waals surface area (Å²) in [4.78, 5) is 24.2. The topological polar surface area (TPSA) is 102 Å². The second-order valence-electron chi connectivity index (χ2n) is 9.27. The highest BCUT2D eigenvalue weighted by molar-refractivity contribution is 6.10. The van der Waals surface area contributed by atoms with Crippen LogP contribution in [0.25, 0.3) is 0 Å². The minimum atomic E-state index is -0.793. The molecule has 4 rings (SSSR count). The van der Waals surface area contributed by atoms with Gasteiger partial charge in [-0.1, -0.05) is 13.3 Å². The number of Topliss-reactive ketones (excluding diaryl/α,β-unsaturated/α-hetero) is 1. The van der Waals surface area contributed by atoms with E-state index in [1.54, 1.807) is 12.3 Å². The van der Waals surface area contributed by atoms with Gasteiger partial charge in [0.05, 0.1) is 16.8 Å². The lowest BCUT2D eigenvalue weighted by molar-refractivity contribution is -0.132. The van der Waals surface area contributed by atoms with E-state index in [0.717, 1.165) is 38.9 Å². The third kappa shape index (κ3) is 3.75. The Hall–Kier alpha value is -2.28. The minimum Gasteiger partial charge on any atom is -0.511 e. The first-order valence-electron chi connectivity index (χ1n) is 11.3. The lowest BCUT2D eigenvalue weighted by atomic mass is 9.62. The third-order valence-corrected chi connectivity index (χ3v) is 6.96. The first kappa shape index (κ1) is 21.0. The molecule has 0 aromatic carbocycles. The SMILES string of the molecule is CC1CC(C(=N)c2ccnc(N3CCCNC[C@@H]3C)n2)=C(O)C2(CCCCC2=O)C1. The number of nitrogens with zero attached hydrogens (tertiary/aromatic N) is 3. The predicted octanol–water partition coefficient (Wildman–Crippen LogP) is 3.40. The molecule has 7 nitrogen and oxygen atoms in total. The average Bonchev–Trinajstić information content (AvgIpc) is 2.96. The molecule has 1 spiro atoms. The van der Waals surface area contributed by atoms with E-state index in [9.17, 15) is 9.90 Å². The Labute approximate surface area is 178 Å². The first-order valence-corrected chi connectivity index (χ1v) is 11.3. The van der Waals surface area contributed by atoms with Gasteiger partial charge >= 0.3 is 0 Å². The molecule has 3 aliphatic rings. The highest BCUT2D eigenvalue weighted by atomic mass is 16.3. The molecule has 1 aliphatic heterocycles. The molecule has 2 heterocycles. The molecular formula is C23H33N5O2. The van der Waals surface area contributed by atoms with Gasteiger partial charge in [-0.05, 0) is 57.6 Å². The van der Waals surface area contributed by atoms with Gasteiger partial charge in [0.25, 0.3) is 0 Å². The number of aromatic nitrogens is 2. The molecule has 1 saturated carbocycles. The van der Waals surface area contributed by atoms with Crippen LogP contribution in [0.5, 0.6) is 0 Å². The van der Waals surface area contributed by atoms with E-state index in [1.807, 2.05) is 0 Å². The highest BCUT2D eigenvalue weighted by Crippen LogP contribution is 2.49. The van der Waals surface area contributed by atoms with E-state index < -0.39 is 5.41 Å². The smallest absolute Gasteiger partial charge is 0.226 e. The summed E-state index contributed by atoms with van der Waals surface area (Å²) in [6.45, 7) is 6.98. The molecule has 1 aromatic rings. The molecule has 3 N–H and O–H groups in total. The van der Waals surface area contributed by atoms with Crippen LogP contribution >= 0.6 is 0 Å². The summed E-state index contributed by atoms with van der Waals surface area (Å²) in [7, 11) is 0. The number of aliphatic hydroxyl groups excluding tert-OH is 1. The van der Waals surface area contributed by atoms with Crippen molar-refractivity contribution < 1.29 is 9.90 Å². The molecule has 0 radical (unpaired) electrons. The first-order chi connectivity index (χ1) is 14.4. The third-order valence-electron chi connectivity index (χ3n) is 6.96. The lowest BCUT2D eigenvalue weighted by Gasteiger charge is -2.41. The molecule has 2 unspecified atom stereocenters. The number of rotatable bonds is 3. The van der Waals surface area contributed by atoms with Gasteiger partial charge in [-0.2, -0.15) is 0 Å². The van der Waals surface area contributed by atoms with Crippen molar-refractivity contribution in [1.82, 2.24) is 15.3 Å². The van der Waals surface area contributed by atoms with Crippen molar-refractivity contribution in [1.29, 1.82) is 5.41 Å². The van der Waals surface area contributed by atoms with Crippen LogP contribution in [0.15, 0.2) is 23.6 Å². The van der Waals surface area contributed by atoms with Crippen molar-refractivity contribution in [3.05, 3.63) is 29.3 Å². The molecule has 3 atom stereocenters. The molecule has 2 aliphatic carbocycles. The fourth-order valence-corrected chi connectivity index (χ4v) is 5.37. The van der Waals surface area contributed by atoms with E-state index in [4.69, 9.17) is 10.4 Å². The van der Waals surface area contributed by atoms with Crippen LogP contribution in [0.4, 0.5) is 5.95 Å². The van der Waals surface area contributed by atoms with Crippen molar-refractivity contribution in [2.75, 3.05) is 24.5 Å². The zero-order chi connectivity index (χ0) is 21.3. The fraction of sp³-hybridized carbons (Fsp3) is 0.652. The Morgan fingerprint density at radius 3 is 2.97 bits per heavy atom. The molecule has 7 heteroatoms. The number of anilines is 1. The van der Waals surface area contributed by atoms with Crippen molar-refractivity contribution in [2.45, 2.75) is 64.8 Å². The maximum Gasteiger partial charge on any atom is 0.226 e. The molecule has 162 valence electrons. The van der Waals surface area contributed by atoms with Gasteiger partial charge in [-0.3, -0.25) is 10.2 Å². The monoisotopic (exact) mass is 411 g/mol. The van der Waals surface area contributed by atoms with Gasteiger partial charge in [0.1, 0.15) is 11.5 Å². The summed E-state index contributed by atoms with van der Waals surface area (Å²) in [5.74, 6) is 1.14. The molecule has 0 amide bonds. The van der Waals surface area contributed by atoms with E-state index in [0.29, 0.717) is 42.9 Å². The summed E-state index contributed by atoms with van der Waals surface area (Å²) < 4.78 is 0. The average molecular weight is 412 g/mol. The summed E-state index contributed by atoms with van der Waals surface area (Å²) in [5, 5.41) is 23.5. The van der Waals surface area contributed by atoms with Crippen LogP contribution in [0.2, 0.25) is 0 Å². The summed E-state index contributed by atoms with van der Waals surface area (Å²) in [6.07, 6.45) is 7.05. The zero-order valence-electron chi connectivity index (χ0n) is 18.1. The van der Waals surface area contributed by atoms with Crippen LogP contribution in [0, 0.1) is 16.7 Å². The summed E-state index contributed by atoms with van der Waals surface area (Å²) in [6, 6.07) is 2.00. The van der Waals surface area contributed by atoms with E-state index in [1.165, 1.54) is 0 Å². The zero-order valence-corrected chi connectivity index (χ0v) is 18.1. The second kappa shape index (κ2) is 8.46. The van der Waals surface area contributed by atoms with Crippen LogP contribution in [0.3, 0.4) is 0 Å². The standard InChI is InChI=1S/C23H33N5O2/c1-15-12-17(21(30)23(13-15)8-4-3-6-19(23)29)20(24)18-7-10-26-22(27-18)28-11-5-9-25-14-16(28)2/h7,10,15-16,24-25,30H,3-6,8-9,11-14H2,1-2H3/t15?,16-,23?/m0/s1. The molecule has 2 fully saturated rings. The van der Waals surface area contributed by atoms with Gasteiger partial charge in [0, 0.05) is 37.3 Å². The Kier molecular flexibility index (Phi) is 5.91. The minimum absolute atomic E-state index is 0.128. The largest absolute Gasteiger partial charge is 0.511 e.